The summed E-state index contributed by atoms with van der Waals surface area (Å²) >= 11 is 6.18. The Morgan fingerprint density at radius 2 is 2.00 bits per heavy atom. The first-order chi connectivity index (χ1) is 8.60. The van der Waals surface area contributed by atoms with Crippen molar-refractivity contribution in [3.05, 3.63) is 34.9 Å². The standard InChI is InChI=1S/C14H18ClNO2/c1-16-10-6-8-14(9-7-10,13(17)18)11-4-2-3-5-12(11)15/h2-5,10,16H,6-9H2,1H3,(H,17,18). The predicted octanol–water partition coefficient (Wildman–Crippen LogP) is 2.82. The number of carboxylic acid groups (broad SMARTS) is 1. The van der Waals surface area contributed by atoms with Crippen molar-refractivity contribution < 1.29 is 9.90 Å². The van der Waals surface area contributed by atoms with Gasteiger partial charge < -0.3 is 10.4 Å². The first-order valence-corrected chi connectivity index (χ1v) is 6.63. The van der Waals surface area contributed by atoms with Crippen molar-refractivity contribution in [1.29, 1.82) is 0 Å². The summed E-state index contributed by atoms with van der Waals surface area (Å²) < 4.78 is 0. The van der Waals surface area contributed by atoms with Crippen LogP contribution in [0.25, 0.3) is 0 Å². The molecule has 0 atom stereocenters. The predicted molar refractivity (Wildman–Crippen MR) is 72.1 cm³/mol. The molecule has 18 heavy (non-hydrogen) atoms. The number of carbonyl (C=O) groups is 1. The molecule has 0 bridgehead atoms. The van der Waals surface area contributed by atoms with Crippen LogP contribution in [0.5, 0.6) is 0 Å². The normalized spacial score (nSPS) is 28.0. The third-order valence-electron chi connectivity index (χ3n) is 4.05. The highest BCUT2D eigenvalue weighted by Gasteiger charge is 2.44. The number of halogens is 1. The van der Waals surface area contributed by atoms with Gasteiger partial charge in [-0.25, -0.2) is 0 Å². The second-order valence-electron chi connectivity index (χ2n) is 4.93. The number of nitrogens with one attached hydrogen (secondary N) is 1. The Hall–Kier alpha value is -1.06. The van der Waals surface area contributed by atoms with Gasteiger partial charge in [-0.05, 0) is 44.4 Å². The van der Waals surface area contributed by atoms with Gasteiger partial charge in [-0.3, -0.25) is 4.79 Å². The monoisotopic (exact) mass is 267 g/mol. The smallest absolute Gasteiger partial charge is 0.314 e. The molecule has 0 amide bonds. The van der Waals surface area contributed by atoms with E-state index in [0.717, 1.165) is 18.4 Å². The summed E-state index contributed by atoms with van der Waals surface area (Å²) in [6.07, 6.45) is 3.01. The molecule has 2 N–H and O–H groups in total. The summed E-state index contributed by atoms with van der Waals surface area (Å²) in [5.74, 6) is -0.759. The SMILES string of the molecule is CNC1CCC(C(=O)O)(c2ccccc2Cl)CC1. The molecule has 4 heteroatoms. The highest BCUT2D eigenvalue weighted by Crippen LogP contribution is 2.42. The van der Waals surface area contributed by atoms with Crippen molar-refractivity contribution in [2.24, 2.45) is 0 Å². The van der Waals surface area contributed by atoms with Crippen LogP contribution >= 0.6 is 11.6 Å². The van der Waals surface area contributed by atoms with Crippen LogP contribution in [0.1, 0.15) is 31.2 Å². The molecule has 1 aromatic carbocycles. The fourth-order valence-corrected chi connectivity index (χ4v) is 3.16. The lowest BCUT2D eigenvalue weighted by Crippen LogP contribution is -2.43. The number of benzene rings is 1. The lowest BCUT2D eigenvalue weighted by Gasteiger charge is -2.37. The Morgan fingerprint density at radius 1 is 1.39 bits per heavy atom. The molecule has 3 nitrogen and oxygen atoms in total. The van der Waals surface area contributed by atoms with E-state index < -0.39 is 11.4 Å². The maximum absolute atomic E-state index is 11.7. The van der Waals surface area contributed by atoms with Crippen molar-refractivity contribution in [2.75, 3.05) is 7.05 Å². The molecule has 0 unspecified atom stereocenters. The molecule has 1 fully saturated rings. The van der Waals surface area contributed by atoms with Gasteiger partial charge in [-0.15, -0.1) is 0 Å². The van der Waals surface area contributed by atoms with Crippen LogP contribution in [0.15, 0.2) is 24.3 Å². The van der Waals surface area contributed by atoms with E-state index in [9.17, 15) is 9.90 Å². The van der Waals surface area contributed by atoms with Gasteiger partial charge >= 0.3 is 5.97 Å². The van der Waals surface area contributed by atoms with Crippen LogP contribution in [-0.2, 0) is 10.2 Å². The van der Waals surface area contributed by atoms with Gasteiger partial charge in [0.15, 0.2) is 0 Å². The minimum Gasteiger partial charge on any atom is -0.481 e. The van der Waals surface area contributed by atoms with Crippen molar-refractivity contribution in [3.63, 3.8) is 0 Å². The second-order valence-corrected chi connectivity index (χ2v) is 5.34. The molecule has 1 aromatic rings. The van der Waals surface area contributed by atoms with Crippen LogP contribution < -0.4 is 5.32 Å². The zero-order valence-corrected chi connectivity index (χ0v) is 11.2. The van der Waals surface area contributed by atoms with E-state index in [1.54, 1.807) is 6.07 Å². The Balaban J connectivity index is 2.35. The van der Waals surface area contributed by atoms with Crippen LogP contribution in [-0.4, -0.2) is 24.2 Å². The van der Waals surface area contributed by atoms with Crippen molar-refractivity contribution in [1.82, 2.24) is 5.32 Å². The minimum atomic E-state index is -0.814. The summed E-state index contributed by atoms with van der Waals surface area (Å²) in [5.41, 5.74) is -0.0557. The highest BCUT2D eigenvalue weighted by atomic mass is 35.5. The summed E-state index contributed by atoms with van der Waals surface area (Å²) in [6.45, 7) is 0. The lowest BCUT2D eigenvalue weighted by atomic mass is 9.68. The summed E-state index contributed by atoms with van der Waals surface area (Å²) in [6, 6.07) is 7.72. The molecule has 2 rings (SSSR count). The Kier molecular flexibility index (Phi) is 3.93. The molecule has 98 valence electrons. The topological polar surface area (TPSA) is 49.3 Å². The van der Waals surface area contributed by atoms with E-state index in [1.807, 2.05) is 25.2 Å². The number of aliphatic carboxylic acids is 1. The van der Waals surface area contributed by atoms with Gasteiger partial charge in [0.2, 0.25) is 0 Å². The van der Waals surface area contributed by atoms with Gasteiger partial charge in [-0.2, -0.15) is 0 Å². The van der Waals surface area contributed by atoms with E-state index in [0.29, 0.717) is 23.9 Å². The first-order valence-electron chi connectivity index (χ1n) is 6.26. The number of hydrogen-bond donors (Lipinski definition) is 2. The molecule has 0 aliphatic heterocycles. The molecule has 0 heterocycles. The molecule has 1 aliphatic carbocycles. The number of rotatable bonds is 3. The summed E-state index contributed by atoms with van der Waals surface area (Å²) in [5, 5.41) is 13.4. The molecule has 0 aromatic heterocycles. The molecular formula is C14H18ClNO2. The van der Waals surface area contributed by atoms with Gasteiger partial charge in [0, 0.05) is 11.1 Å². The van der Waals surface area contributed by atoms with Crippen molar-refractivity contribution in [2.45, 2.75) is 37.1 Å². The van der Waals surface area contributed by atoms with E-state index in [-0.39, 0.29) is 0 Å². The average Bonchev–Trinajstić information content (AvgIpc) is 2.39. The number of carboxylic acids is 1. The van der Waals surface area contributed by atoms with E-state index in [1.165, 1.54) is 0 Å². The lowest BCUT2D eigenvalue weighted by molar-refractivity contribution is -0.145. The van der Waals surface area contributed by atoms with Gasteiger partial charge in [0.25, 0.3) is 0 Å². The van der Waals surface area contributed by atoms with Crippen molar-refractivity contribution >= 4 is 17.6 Å². The molecular weight excluding hydrogens is 250 g/mol. The van der Waals surface area contributed by atoms with Gasteiger partial charge in [0.1, 0.15) is 0 Å². The zero-order valence-electron chi connectivity index (χ0n) is 10.4. The maximum atomic E-state index is 11.7. The van der Waals surface area contributed by atoms with E-state index >= 15 is 0 Å². The van der Waals surface area contributed by atoms with E-state index in [4.69, 9.17) is 11.6 Å². The Morgan fingerprint density at radius 3 is 2.50 bits per heavy atom. The highest BCUT2D eigenvalue weighted by molar-refractivity contribution is 6.31. The molecule has 0 saturated heterocycles. The van der Waals surface area contributed by atoms with Crippen LogP contribution in [0.3, 0.4) is 0 Å². The molecule has 0 radical (unpaired) electrons. The van der Waals surface area contributed by atoms with Crippen LogP contribution in [0, 0.1) is 0 Å². The number of hydrogen-bond acceptors (Lipinski definition) is 2. The Bertz CT molecular complexity index is 439. The molecule has 1 aliphatic rings. The maximum Gasteiger partial charge on any atom is 0.314 e. The quantitative estimate of drug-likeness (QED) is 0.885. The minimum absolute atomic E-state index is 0.417. The zero-order chi connectivity index (χ0) is 13.2. The largest absolute Gasteiger partial charge is 0.481 e. The summed E-state index contributed by atoms with van der Waals surface area (Å²) in [7, 11) is 1.92. The second kappa shape index (κ2) is 5.29. The van der Waals surface area contributed by atoms with Crippen molar-refractivity contribution in [3.8, 4) is 0 Å². The van der Waals surface area contributed by atoms with E-state index in [2.05, 4.69) is 5.32 Å². The Labute approximate surface area is 112 Å². The summed E-state index contributed by atoms with van der Waals surface area (Å²) in [4.78, 5) is 11.7. The molecule has 1 saturated carbocycles. The van der Waals surface area contributed by atoms with Gasteiger partial charge in [-0.1, -0.05) is 29.8 Å². The first kappa shape index (κ1) is 13.4. The van der Waals surface area contributed by atoms with Crippen LogP contribution in [0.4, 0.5) is 0 Å². The third-order valence-corrected chi connectivity index (χ3v) is 4.38. The van der Waals surface area contributed by atoms with Crippen LogP contribution in [0.2, 0.25) is 5.02 Å². The fourth-order valence-electron chi connectivity index (χ4n) is 2.85. The third kappa shape index (κ3) is 2.25. The fraction of sp³-hybridized carbons (Fsp3) is 0.500. The van der Waals surface area contributed by atoms with Gasteiger partial charge in [0.05, 0.1) is 5.41 Å². The molecule has 0 spiro atoms. The average molecular weight is 268 g/mol.